The average molecular weight is 587 g/mol. The van der Waals surface area contributed by atoms with Crippen molar-refractivity contribution < 1.29 is 9.18 Å². The molecule has 2 fully saturated rings. The Morgan fingerprint density at radius 2 is 1.90 bits per heavy atom. The van der Waals surface area contributed by atoms with Crippen LogP contribution in [-0.4, -0.2) is 83.9 Å². The highest BCUT2D eigenvalue weighted by Gasteiger charge is 2.48. The number of benzene rings is 1. The number of thiazole rings is 1. The van der Waals surface area contributed by atoms with Gasteiger partial charge in [-0.1, -0.05) is 18.3 Å². The summed E-state index contributed by atoms with van der Waals surface area (Å²) in [5.74, 6) is 0.748. The Bertz CT molecular complexity index is 1700. The third kappa shape index (κ3) is 4.88. The number of fused-ring (bicyclic) bond motifs is 1. The molecule has 1 amide bonds. The number of nitrogens with zero attached hydrogens (tertiary/aromatic N) is 8. The van der Waals surface area contributed by atoms with Crippen LogP contribution in [0.1, 0.15) is 29.5 Å². The van der Waals surface area contributed by atoms with E-state index in [1.165, 1.54) is 23.5 Å². The molecular formula is C31H35FN8OS. The molecule has 6 rings (SSSR count). The Balaban J connectivity index is 1.29. The molecular weight excluding hydrogens is 551 g/mol. The Hall–Kier alpha value is -4.01. The van der Waals surface area contributed by atoms with E-state index >= 15 is 0 Å². The third-order valence-electron chi connectivity index (χ3n) is 8.50. The zero-order valence-electron chi connectivity index (χ0n) is 24.7. The number of likely N-dealkylation sites (N-methyl/N-ethyl adjacent to an activating group) is 1. The van der Waals surface area contributed by atoms with E-state index in [4.69, 9.17) is 9.97 Å². The number of amides is 1. The molecule has 11 heteroatoms. The first kappa shape index (κ1) is 28.1. The fraction of sp³-hybridized carbons (Fsp3) is 0.419. The lowest BCUT2D eigenvalue weighted by Crippen LogP contribution is -2.58. The van der Waals surface area contributed by atoms with Gasteiger partial charge in [-0.2, -0.15) is 5.26 Å². The van der Waals surface area contributed by atoms with Crippen LogP contribution in [0.4, 0.5) is 21.0 Å². The van der Waals surface area contributed by atoms with Gasteiger partial charge in [-0.15, -0.1) is 0 Å². The van der Waals surface area contributed by atoms with E-state index in [0.717, 1.165) is 67.4 Å². The van der Waals surface area contributed by atoms with Gasteiger partial charge in [-0.3, -0.25) is 14.1 Å². The first-order valence-corrected chi connectivity index (χ1v) is 15.0. The van der Waals surface area contributed by atoms with Gasteiger partial charge in [-0.25, -0.2) is 14.4 Å². The van der Waals surface area contributed by atoms with Gasteiger partial charge in [0.2, 0.25) is 5.91 Å². The van der Waals surface area contributed by atoms with Gasteiger partial charge < -0.3 is 14.7 Å². The van der Waals surface area contributed by atoms with Crippen molar-refractivity contribution in [2.24, 2.45) is 5.41 Å². The predicted octanol–water partition coefficient (Wildman–Crippen LogP) is 4.71. The summed E-state index contributed by atoms with van der Waals surface area (Å²) >= 11 is 1.32. The Kier molecular flexibility index (Phi) is 7.15. The second-order valence-corrected chi connectivity index (χ2v) is 12.7. The highest BCUT2D eigenvalue weighted by molar-refractivity contribution is 7.16. The Labute approximate surface area is 249 Å². The van der Waals surface area contributed by atoms with Crippen molar-refractivity contribution in [1.82, 2.24) is 24.2 Å². The molecule has 9 nitrogen and oxygen atoms in total. The molecule has 0 atom stereocenters. The van der Waals surface area contributed by atoms with E-state index in [2.05, 4.69) is 46.4 Å². The number of hydrogen-bond acceptors (Lipinski definition) is 8. The van der Waals surface area contributed by atoms with Gasteiger partial charge in [0.05, 0.1) is 17.9 Å². The van der Waals surface area contributed by atoms with Crippen LogP contribution in [-0.2, 0) is 11.2 Å². The number of pyridine rings is 1. The van der Waals surface area contributed by atoms with Gasteiger partial charge >= 0.3 is 0 Å². The van der Waals surface area contributed by atoms with Crippen molar-refractivity contribution in [1.29, 1.82) is 5.26 Å². The van der Waals surface area contributed by atoms with Crippen LogP contribution in [0.5, 0.6) is 0 Å². The largest absolute Gasteiger partial charge is 0.369 e. The van der Waals surface area contributed by atoms with Gasteiger partial charge in [0, 0.05) is 58.0 Å². The van der Waals surface area contributed by atoms with E-state index in [0.29, 0.717) is 27.8 Å². The number of carbonyl (C=O) groups is 1. The van der Waals surface area contributed by atoms with E-state index in [1.807, 2.05) is 26.0 Å². The number of rotatable bonds is 7. The summed E-state index contributed by atoms with van der Waals surface area (Å²) in [6.45, 7) is 8.50. The molecule has 2 aliphatic heterocycles. The summed E-state index contributed by atoms with van der Waals surface area (Å²) in [6.07, 6.45) is 4.01. The highest BCUT2D eigenvalue weighted by Crippen LogP contribution is 2.43. The van der Waals surface area contributed by atoms with E-state index in [-0.39, 0.29) is 17.1 Å². The monoisotopic (exact) mass is 586 g/mol. The zero-order valence-corrected chi connectivity index (χ0v) is 25.5. The van der Waals surface area contributed by atoms with Gasteiger partial charge in [0.1, 0.15) is 33.9 Å². The molecule has 0 unspecified atom stereocenters. The summed E-state index contributed by atoms with van der Waals surface area (Å²) in [5, 5.41) is 10.5. The molecule has 4 aromatic rings. The maximum absolute atomic E-state index is 13.5. The maximum atomic E-state index is 13.5. The molecule has 42 heavy (non-hydrogen) atoms. The lowest BCUT2D eigenvalue weighted by molar-refractivity contribution is -0.129. The van der Waals surface area contributed by atoms with E-state index in [1.54, 1.807) is 17.0 Å². The van der Waals surface area contributed by atoms with E-state index < -0.39 is 0 Å². The minimum absolute atomic E-state index is 0.152. The molecule has 218 valence electrons. The molecule has 0 N–H and O–H groups in total. The lowest BCUT2D eigenvalue weighted by Gasteiger charge is -2.49. The average Bonchev–Trinajstić information content (AvgIpc) is 3.67. The van der Waals surface area contributed by atoms with Crippen LogP contribution in [0.15, 0.2) is 36.5 Å². The molecule has 2 aliphatic rings. The normalized spacial score (nSPS) is 16.2. The number of nitriles is 1. The number of aromatic nitrogens is 3. The minimum Gasteiger partial charge on any atom is -0.369 e. The van der Waals surface area contributed by atoms with Crippen LogP contribution in [0.25, 0.3) is 16.9 Å². The molecule has 1 spiro atoms. The summed E-state index contributed by atoms with van der Waals surface area (Å²) < 4.78 is 15.7. The number of carbonyl (C=O) groups excluding carboxylic acids is 1. The van der Waals surface area contributed by atoms with Crippen molar-refractivity contribution in [3.63, 3.8) is 0 Å². The van der Waals surface area contributed by atoms with Gasteiger partial charge in [0.15, 0.2) is 5.13 Å². The van der Waals surface area contributed by atoms with Crippen molar-refractivity contribution in [2.45, 2.75) is 26.7 Å². The smallest absolute Gasteiger partial charge is 0.236 e. The Morgan fingerprint density at radius 1 is 1.17 bits per heavy atom. The van der Waals surface area contributed by atoms with Crippen molar-refractivity contribution in [3.05, 3.63) is 58.5 Å². The third-order valence-corrected chi connectivity index (χ3v) is 9.54. The van der Waals surface area contributed by atoms with Crippen LogP contribution in [0.3, 0.4) is 0 Å². The second kappa shape index (κ2) is 10.7. The lowest BCUT2D eigenvalue weighted by atomic mass is 9.79. The van der Waals surface area contributed by atoms with Crippen molar-refractivity contribution in [2.75, 3.05) is 63.7 Å². The van der Waals surface area contributed by atoms with Gasteiger partial charge in [0.25, 0.3) is 0 Å². The Morgan fingerprint density at radius 3 is 2.57 bits per heavy atom. The summed E-state index contributed by atoms with van der Waals surface area (Å²) in [4.78, 5) is 30.9. The quantitative estimate of drug-likeness (QED) is 0.310. The summed E-state index contributed by atoms with van der Waals surface area (Å²) in [7, 11) is 5.58. The van der Waals surface area contributed by atoms with Crippen LogP contribution in [0.2, 0.25) is 0 Å². The van der Waals surface area contributed by atoms with Crippen molar-refractivity contribution in [3.8, 4) is 17.3 Å². The minimum atomic E-state index is -0.327. The summed E-state index contributed by atoms with van der Waals surface area (Å²) in [6, 6.07) is 10.6. The standard InChI is InChI=1S/C31H35FN8OS/c1-6-24-29(37(5)30-35-27(25(14-33)42-30)21-7-9-22(32)10-8-21)40-15-23(13-20(2)28(40)34-24)39-18-31(19-39)11-12-38(17-31)16-26(41)36(3)4/h7-10,13,15H,6,11-12,16-19H2,1-5H3. The first-order chi connectivity index (χ1) is 20.1. The second-order valence-electron chi connectivity index (χ2n) is 11.8. The molecule has 2 saturated heterocycles. The predicted molar refractivity (Wildman–Crippen MR) is 164 cm³/mol. The molecule has 0 aliphatic carbocycles. The number of likely N-dealkylation sites (tertiary alicyclic amines) is 1. The zero-order chi connectivity index (χ0) is 29.8. The summed E-state index contributed by atoms with van der Waals surface area (Å²) in [5.41, 5.74) is 5.58. The number of imidazole rings is 1. The number of halogens is 1. The molecule has 1 aromatic carbocycles. The van der Waals surface area contributed by atoms with Crippen LogP contribution >= 0.6 is 11.3 Å². The van der Waals surface area contributed by atoms with E-state index in [9.17, 15) is 14.4 Å². The molecule has 3 aromatic heterocycles. The highest BCUT2D eigenvalue weighted by atomic mass is 32.1. The molecule has 5 heterocycles. The van der Waals surface area contributed by atoms with Crippen LogP contribution < -0.4 is 9.80 Å². The SMILES string of the molecule is CCc1nc2c(C)cc(N3CC4(CCN(CC(=O)N(C)C)C4)C3)cn2c1N(C)c1nc(-c2ccc(F)cc2)c(C#N)s1. The fourth-order valence-corrected chi connectivity index (χ4v) is 7.06. The number of hydrogen-bond donors (Lipinski definition) is 0. The molecule has 0 radical (unpaired) electrons. The maximum Gasteiger partial charge on any atom is 0.236 e. The molecule has 0 bridgehead atoms. The van der Waals surface area contributed by atoms with Gasteiger partial charge in [-0.05, 0) is 62.2 Å². The van der Waals surface area contributed by atoms with Crippen LogP contribution in [0, 0.1) is 29.5 Å². The fourth-order valence-electron chi connectivity index (χ4n) is 6.21. The number of anilines is 3. The molecule has 0 saturated carbocycles. The first-order valence-electron chi connectivity index (χ1n) is 14.2. The number of aryl methyl sites for hydroxylation is 2. The van der Waals surface area contributed by atoms with Crippen molar-refractivity contribution >= 4 is 39.5 Å². The topological polar surface area (TPSA) is 84.0 Å².